The largest absolute Gasteiger partial charge is 0.198 e. The molecule has 0 spiro atoms. The van der Waals surface area contributed by atoms with Crippen molar-refractivity contribution < 1.29 is 0 Å². The van der Waals surface area contributed by atoms with Crippen LogP contribution >= 0.6 is 9.24 Å². The number of rotatable bonds is 2. The summed E-state index contributed by atoms with van der Waals surface area (Å²) in [5, 5.41) is 7.94. The minimum absolute atomic E-state index is 0.698. The second kappa shape index (κ2) is 4.92. The Bertz CT molecular complexity index is 55.1. The molecule has 0 aromatic heterocycles. The first-order chi connectivity index (χ1) is 2.91. The summed E-state index contributed by atoms with van der Waals surface area (Å²) in [6, 6.07) is 2.06. The normalized spacial score (nSPS) is 7.33. The summed E-state index contributed by atoms with van der Waals surface area (Å²) in [6.45, 7) is 0. The zero-order valence-electron chi connectivity index (χ0n) is 3.65. The molecule has 1 atom stereocenters. The van der Waals surface area contributed by atoms with Crippen LogP contribution in [-0.4, -0.2) is 6.16 Å². The van der Waals surface area contributed by atoms with Gasteiger partial charge in [-0.25, -0.2) is 0 Å². The Morgan fingerprint density at radius 1 is 1.67 bits per heavy atom. The number of nitrogens with zero attached hydrogens (tertiary/aromatic N) is 1. The molecular weight excluding hydrogens is 93.0 g/mol. The summed E-state index contributed by atoms with van der Waals surface area (Å²) in [5.41, 5.74) is 0. The van der Waals surface area contributed by atoms with E-state index in [4.69, 9.17) is 5.26 Å². The smallest absolute Gasteiger partial charge is 0.0621 e. The predicted octanol–water partition coefficient (Wildman–Crippen LogP) is 1.17. The van der Waals surface area contributed by atoms with Gasteiger partial charge < -0.3 is 0 Å². The molecule has 0 heterocycles. The van der Waals surface area contributed by atoms with Crippen molar-refractivity contribution in [3.8, 4) is 6.07 Å². The Hall–Kier alpha value is -0.0800. The van der Waals surface area contributed by atoms with Crippen LogP contribution in [0.25, 0.3) is 0 Å². The highest BCUT2D eigenvalue weighted by molar-refractivity contribution is 7.16. The van der Waals surface area contributed by atoms with E-state index >= 15 is 0 Å². The van der Waals surface area contributed by atoms with Crippen molar-refractivity contribution >= 4 is 9.24 Å². The van der Waals surface area contributed by atoms with Crippen molar-refractivity contribution in [2.75, 3.05) is 6.16 Å². The van der Waals surface area contributed by atoms with Crippen molar-refractivity contribution in [2.24, 2.45) is 0 Å². The molecule has 0 bridgehead atoms. The number of nitriles is 1. The Morgan fingerprint density at radius 3 is 2.50 bits per heavy atom. The van der Waals surface area contributed by atoms with E-state index in [0.29, 0.717) is 6.42 Å². The zero-order valence-corrected chi connectivity index (χ0v) is 4.80. The predicted molar refractivity (Wildman–Crippen MR) is 29.4 cm³/mol. The Kier molecular flexibility index (Phi) is 4.85. The maximum absolute atomic E-state index is 7.94. The second-order valence-electron chi connectivity index (χ2n) is 1.05. The first-order valence-electron chi connectivity index (χ1n) is 1.99. The van der Waals surface area contributed by atoms with Crippen LogP contribution in [0.3, 0.4) is 0 Å². The molecule has 34 valence electrons. The van der Waals surface area contributed by atoms with Crippen LogP contribution in [0.1, 0.15) is 12.8 Å². The highest BCUT2D eigenvalue weighted by atomic mass is 31.0. The maximum Gasteiger partial charge on any atom is 0.0621 e. The lowest BCUT2D eigenvalue weighted by Crippen LogP contribution is -1.67. The summed E-state index contributed by atoms with van der Waals surface area (Å²) in [4.78, 5) is 0. The topological polar surface area (TPSA) is 23.8 Å². The van der Waals surface area contributed by atoms with Crippen LogP contribution in [0.2, 0.25) is 0 Å². The van der Waals surface area contributed by atoms with Crippen molar-refractivity contribution in [1.29, 1.82) is 5.26 Å². The average molecular weight is 101 g/mol. The van der Waals surface area contributed by atoms with Crippen molar-refractivity contribution in [3.63, 3.8) is 0 Å². The lowest BCUT2D eigenvalue weighted by Gasteiger charge is -1.77. The molecule has 1 nitrogen and oxygen atoms in total. The summed E-state index contributed by atoms with van der Waals surface area (Å²) in [5.74, 6) is 0. The summed E-state index contributed by atoms with van der Waals surface area (Å²) < 4.78 is 0. The zero-order chi connectivity index (χ0) is 4.83. The molecule has 1 unspecified atom stereocenters. The van der Waals surface area contributed by atoms with Gasteiger partial charge in [0.05, 0.1) is 6.07 Å². The molecule has 0 aliphatic heterocycles. The molecule has 0 aliphatic carbocycles. The molecule has 0 saturated carbocycles. The van der Waals surface area contributed by atoms with Gasteiger partial charge in [-0.3, -0.25) is 0 Å². The van der Waals surface area contributed by atoms with Gasteiger partial charge in [0.2, 0.25) is 0 Å². The van der Waals surface area contributed by atoms with Gasteiger partial charge in [-0.2, -0.15) is 5.26 Å². The third kappa shape index (κ3) is 3.92. The average Bonchev–Trinajstić information content (AvgIpc) is 1.61. The Labute approximate surface area is 40.6 Å². The molecule has 0 aromatic rings. The molecular formula is C4H8NP. The molecule has 0 N–H and O–H groups in total. The van der Waals surface area contributed by atoms with Gasteiger partial charge in [0.25, 0.3) is 0 Å². The van der Waals surface area contributed by atoms with E-state index in [1.807, 2.05) is 0 Å². The quantitative estimate of drug-likeness (QED) is 0.378. The van der Waals surface area contributed by atoms with E-state index in [1.165, 1.54) is 0 Å². The van der Waals surface area contributed by atoms with Gasteiger partial charge in [-0.05, 0) is 12.6 Å². The molecule has 0 fully saturated rings. The standard InChI is InChI=1S/C4H8NP/c5-3-1-2-4-6/h1-2,4,6H2. The van der Waals surface area contributed by atoms with Crippen molar-refractivity contribution in [1.82, 2.24) is 0 Å². The first-order valence-corrected chi connectivity index (χ1v) is 2.80. The Balaban J connectivity index is 2.54. The highest BCUT2D eigenvalue weighted by Crippen LogP contribution is 1.89. The van der Waals surface area contributed by atoms with Gasteiger partial charge in [0.15, 0.2) is 0 Å². The van der Waals surface area contributed by atoms with Gasteiger partial charge >= 0.3 is 0 Å². The van der Waals surface area contributed by atoms with Crippen LogP contribution in [-0.2, 0) is 0 Å². The van der Waals surface area contributed by atoms with Gasteiger partial charge in [0, 0.05) is 6.42 Å². The fourth-order valence-corrected chi connectivity index (χ4v) is 0.385. The third-order valence-corrected chi connectivity index (χ3v) is 0.901. The first kappa shape index (κ1) is 5.92. The number of hydrogen-bond donors (Lipinski definition) is 0. The molecule has 6 heavy (non-hydrogen) atoms. The van der Waals surface area contributed by atoms with Crippen LogP contribution < -0.4 is 0 Å². The molecule has 2 heteroatoms. The van der Waals surface area contributed by atoms with Crippen LogP contribution in [0.5, 0.6) is 0 Å². The molecule has 0 radical (unpaired) electrons. The molecule has 0 saturated heterocycles. The van der Waals surface area contributed by atoms with E-state index in [2.05, 4.69) is 15.3 Å². The lowest BCUT2D eigenvalue weighted by atomic mass is 10.4. The lowest BCUT2D eigenvalue weighted by molar-refractivity contribution is 0.982. The fourth-order valence-electron chi connectivity index (χ4n) is 0.181. The third-order valence-electron chi connectivity index (χ3n) is 0.493. The fraction of sp³-hybridized carbons (Fsp3) is 0.750. The number of unbranched alkanes of at least 4 members (excludes halogenated alkanes) is 1. The van der Waals surface area contributed by atoms with E-state index in [0.717, 1.165) is 12.6 Å². The summed E-state index contributed by atoms with van der Waals surface area (Å²) >= 11 is 0. The van der Waals surface area contributed by atoms with Gasteiger partial charge in [0.1, 0.15) is 0 Å². The summed E-state index contributed by atoms with van der Waals surface area (Å²) in [6.07, 6.45) is 2.76. The van der Waals surface area contributed by atoms with Crippen LogP contribution in [0.4, 0.5) is 0 Å². The van der Waals surface area contributed by atoms with Crippen molar-refractivity contribution in [3.05, 3.63) is 0 Å². The van der Waals surface area contributed by atoms with Gasteiger partial charge in [-0.15, -0.1) is 9.24 Å². The molecule has 0 aliphatic rings. The van der Waals surface area contributed by atoms with Gasteiger partial charge in [-0.1, -0.05) is 0 Å². The number of hydrogen-bond acceptors (Lipinski definition) is 1. The SMILES string of the molecule is N#CCCCP. The van der Waals surface area contributed by atoms with Crippen LogP contribution in [0, 0.1) is 11.3 Å². The van der Waals surface area contributed by atoms with Crippen LogP contribution in [0.15, 0.2) is 0 Å². The Morgan fingerprint density at radius 2 is 2.33 bits per heavy atom. The minimum atomic E-state index is 0.698. The maximum atomic E-state index is 7.94. The van der Waals surface area contributed by atoms with E-state index in [9.17, 15) is 0 Å². The monoisotopic (exact) mass is 101 g/mol. The van der Waals surface area contributed by atoms with Crippen molar-refractivity contribution in [2.45, 2.75) is 12.8 Å². The minimum Gasteiger partial charge on any atom is -0.198 e. The molecule has 0 aromatic carbocycles. The summed E-state index contributed by atoms with van der Waals surface area (Å²) in [7, 11) is 2.58. The van der Waals surface area contributed by atoms with E-state index in [-0.39, 0.29) is 0 Å². The van der Waals surface area contributed by atoms with E-state index < -0.39 is 0 Å². The van der Waals surface area contributed by atoms with E-state index in [1.54, 1.807) is 0 Å². The highest BCUT2D eigenvalue weighted by Gasteiger charge is 1.74. The molecule has 0 rings (SSSR count). The molecule has 0 amide bonds. The second-order valence-corrected chi connectivity index (χ2v) is 1.63.